The largest absolute Gasteiger partial charge is 0.493 e. The minimum Gasteiger partial charge on any atom is -0.493 e. The van der Waals surface area contributed by atoms with Crippen LogP contribution in [-0.4, -0.2) is 61.5 Å². The van der Waals surface area contributed by atoms with Crippen molar-refractivity contribution in [3.63, 3.8) is 0 Å². The Morgan fingerprint density at radius 1 is 1.29 bits per heavy atom. The van der Waals surface area contributed by atoms with Crippen molar-refractivity contribution >= 4 is 36.1 Å². The minimum atomic E-state index is -0.153. The molecule has 1 aromatic carbocycles. The molecular weight excluding hydrogens is 420 g/mol. The molecule has 2 amide bonds. The van der Waals surface area contributed by atoms with Gasteiger partial charge in [0.05, 0.1) is 20.8 Å². The summed E-state index contributed by atoms with van der Waals surface area (Å²) in [6, 6.07) is 7.51. The third-order valence-electron chi connectivity index (χ3n) is 4.79. The van der Waals surface area contributed by atoms with Crippen LogP contribution in [0.15, 0.2) is 36.5 Å². The van der Waals surface area contributed by atoms with Crippen molar-refractivity contribution in [1.82, 2.24) is 14.8 Å². The topological polar surface area (TPSA) is 84.0 Å². The van der Waals surface area contributed by atoms with Gasteiger partial charge in [0.15, 0.2) is 11.5 Å². The quantitative estimate of drug-likeness (QED) is 0.686. The predicted molar refractivity (Wildman–Crippen MR) is 122 cm³/mol. The fourth-order valence-corrected chi connectivity index (χ4v) is 3.32. The first kappa shape index (κ1) is 24.2. The minimum absolute atomic E-state index is 0. The molecule has 0 saturated heterocycles. The summed E-state index contributed by atoms with van der Waals surface area (Å²) < 4.78 is 10.7. The number of benzene rings is 1. The molecule has 166 valence electrons. The van der Waals surface area contributed by atoms with Gasteiger partial charge in [-0.15, -0.1) is 12.4 Å². The molecule has 1 N–H and O–H groups in total. The Hall–Kier alpha value is -3.10. The third-order valence-corrected chi connectivity index (χ3v) is 4.79. The molecule has 0 atom stereocenters. The smallest absolute Gasteiger partial charge is 0.246 e. The van der Waals surface area contributed by atoms with Crippen molar-refractivity contribution in [2.24, 2.45) is 0 Å². The standard InChI is InChI=1S/C22H26N4O4.ClH/c1-25-12-17-10-15(11-23-22(17)24-19(27)14-25)8-9-20(28)26(2)13-16-6-5-7-18(29-3)21(16)30-4;/h5-11H,12-14H2,1-4H3,(H,23,24,27);1H. The summed E-state index contributed by atoms with van der Waals surface area (Å²) in [6.45, 7) is 1.30. The molecule has 0 fully saturated rings. The summed E-state index contributed by atoms with van der Waals surface area (Å²) in [4.78, 5) is 32.2. The number of aromatic nitrogens is 1. The molecule has 1 aromatic heterocycles. The number of nitrogens with one attached hydrogen (secondary N) is 1. The number of hydrogen-bond donors (Lipinski definition) is 1. The number of rotatable bonds is 6. The van der Waals surface area contributed by atoms with Crippen molar-refractivity contribution in [3.8, 4) is 11.5 Å². The Kier molecular flexibility index (Phi) is 8.41. The van der Waals surface area contributed by atoms with E-state index in [-0.39, 0.29) is 24.2 Å². The maximum atomic E-state index is 12.6. The molecule has 0 radical (unpaired) electrons. The number of likely N-dealkylation sites (N-methyl/N-ethyl adjacent to an activating group) is 2. The number of amides is 2. The molecule has 0 saturated carbocycles. The van der Waals surface area contributed by atoms with E-state index in [9.17, 15) is 9.59 Å². The average Bonchev–Trinajstić information content (AvgIpc) is 2.87. The van der Waals surface area contributed by atoms with Crippen LogP contribution in [0.3, 0.4) is 0 Å². The number of methoxy groups -OCH3 is 2. The highest BCUT2D eigenvalue weighted by atomic mass is 35.5. The number of ether oxygens (including phenoxy) is 2. The summed E-state index contributed by atoms with van der Waals surface area (Å²) in [5.74, 6) is 1.57. The number of halogens is 1. The van der Waals surface area contributed by atoms with Crippen molar-refractivity contribution in [3.05, 3.63) is 53.2 Å². The second kappa shape index (κ2) is 10.8. The molecule has 0 bridgehead atoms. The summed E-state index contributed by atoms with van der Waals surface area (Å²) in [7, 11) is 6.76. The van der Waals surface area contributed by atoms with Crippen LogP contribution < -0.4 is 14.8 Å². The third kappa shape index (κ3) is 5.96. The molecule has 0 spiro atoms. The summed E-state index contributed by atoms with van der Waals surface area (Å²) >= 11 is 0. The zero-order valence-electron chi connectivity index (χ0n) is 18.0. The molecule has 3 rings (SSSR count). The van der Waals surface area contributed by atoms with Gasteiger partial charge >= 0.3 is 0 Å². The van der Waals surface area contributed by atoms with E-state index in [4.69, 9.17) is 9.47 Å². The van der Waals surface area contributed by atoms with Crippen LogP contribution in [0.4, 0.5) is 5.82 Å². The Morgan fingerprint density at radius 3 is 2.77 bits per heavy atom. The van der Waals surface area contributed by atoms with Gasteiger partial charge in [0, 0.05) is 43.5 Å². The van der Waals surface area contributed by atoms with E-state index >= 15 is 0 Å². The van der Waals surface area contributed by atoms with E-state index in [1.54, 1.807) is 38.4 Å². The highest BCUT2D eigenvalue weighted by Gasteiger charge is 2.18. The summed E-state index contributed by atoms with van der Waals surface area (Å²) in [5, 5.41) is 2.80. The Balaban J connectivity index is 0.00000341. The lowest BCUT2D eigenvalue weighted by molar-refractivity contribution is -0.125. The predicted octanol–water partition coefficient (Wildman–Crippen LogP) is 2.58. The van der Waals surface area contributed by atoms with Gasteiger partial charge < -0.3 is 19.7 Å². The maximum absolute atomic E-state index is 12.6. The number of carbonyl (C=O) groups excluding carboxylic acids is 2. The molecule has 8 nitrogen and oxygen atoms in total. The molecule has 2 heterocycles. The fourth-order valence-electron chi connectivity index (χ4n) is 3.32. The van der Waals surface area contributed by atoms with Crippen molar-refractivity contribution < 1.29 is 19.1 Å². The summed E-state index contributed by atoms with van der Waals surface area (Å²) in [6.07, 6.45) is 4.87. The van der Waals surface area contributed by atoms with Gasteiger partial charge in [-0.25, -0.2) is 4.98 Å². The molecule has 0 unspecified atom stereocenters. The number of nitrogens with zero attached hydrogens (tertiary/aromatic N) is 3. The fraction of sp³-hybridized carbons (Fsp3) is 0.318. The van der Waals surface area contributed by atoms with Crippen LogP contribution in [0.2, 0.25) is 0 Å². The van der Waals surface area contributed by atoms with Crippen LogP contribution in [0.5, 0.6) is 11.5 Å². The van der Waals surface area contributed by atoms with Gasteiger partial charge in [0.2, 0.25) is 11.8 Å². The van der Waals surface area contributed by atoms with Crippen LogP contribution in [0.1, 0.15) is 16.7 Å². The lowest BCUT2D eigenvalue weighted by Crippen LogP contribution is -2.26. The second-order valence-corrected chi connectivity index (χ2v) is 7.18. The van der Waals surface area contributed by atoms with Crippen LogP contribution in [-0.2, 0) is 22.7 Å². The van der Waals surface area contributed by atoms with E-state index in [0.717, 1.165) is 16.7 Å². The average molecular weight is 447 g/mol. The molecule has 31 heavy (non-hydrogen) atoms. The molecule has 0 aliphatic carbocycles. The van der Waals surface area contributed by atoms with Crippen molar-refractivity contribution in [2.45, 2.75) is 13.1 Å². The number of hydrogen-bond acceptors (Lipinski definition) is 6. The Bertz CT molecular complexity index is 980. The maximum Gasteiger partial charge on any atom is 0.246 e. The lowest BCUT2D eigenvalue weighted by Gasteiger charge is -2.18. The van der Waals surface area contributed by atoms with Gasteiger partial charge in [0.25, 0.3) is 0 Å². The second-order valence-electron chi connectivity index (χ2n) is 7.18. The van der Waals surface area contributed by atoms with Gasteiger partial charge in [-0.3, -0.25) is 14.5 Å². The Morgan fingerprint density at radius 2 is 2.06 bits per heavy atom. The monoisotopic (exact) mass is 446 g/mol. The highest BCUT2D eigenvalue weighted by Crippen LogP contribution is 2.31. The van der Waals surface area contributed by atoms with E-state index in [1.807, 2.05) is 36.2 Å². The zero-order valence-corrected chi connectivity index (χ0v) is 18.9. The SMILES string of the molecule is COc1cccc(CN(C)C(=O)C=Cc2cnc3c(c2)CN(C)CC(=O)N3)c1OC.Cl. The van der Waals surface area contributed by atoms with Crippen LogP contribution in [0, 0.1) is 0 Å². The molecule has 1 aliphatic rings. The molecule has 9 heteroatoms. The highest BCUT2D eigenvalue weighted by molar-refractivity contribution is 5.93. The van der Waals surface area contributed by atoms with Gasteiger partial charge in [-0.1, -0.05) is 12.1 Å². The van der Waals surface area contributed by atoms with Crippen molar-refractivity contribution in [2.75, 3.05) is 40.2 Å². The molecular formula is C22H27ClN4O4. The summed E-state index contributed by atoms with van der Waals surface area (Å²) in [5.41, 5.74) is 2.55. The Labute approximate surface area is 188 Å². The normalized spacial score (nSPS) is 13.6. The molecule has 2 aromatic rings. The first-order valence-electron chi connectivity index (χ1n) is 9.51. The number of para-hydroxylation sites is 1. The van der Waals surface area contributed by atoms with Crippen molar-refractivity contribution in [1.29, 1.82) is 0 Å². The van der Waals surface area contributed by atoms with E-state index < -0.39 is 0 Å². The number of carbonyl (C=O) groups is 2. The van der Waals surface area contributed by atoms with Crippen LogP contribution in [0.25, 0.3) is 6.08 Å². The number of fused-ring (bicyclic) bond motifs is 1. The first-order valence-corrected chi connectivity index (χ1v) is 9.51. The van der Waals surface area contributed by atoms with Gasteiger partial charge in [0.1, 0.15) is 5.82 Å². The van der Waals surface area contributed by atoms with Gasteiger partial charge in [-0.05, 0) is 30.8 Å². The van der Waals surface area contributed by atoms with E-state index in [2.05, 4.69) is 10.3 Å². The van der Waals surface area contributed by atoms with E-state index in [0.29, 0.717) is 37.0 Å². The number of pyridine rings is 1. The van der Waals surface area contributed by atoms with E-state index in [1.165, 1.54) is 6.08 Å². The van der Waals surface area contributed by atoms with Crippen LogP contribution >= 0.6 is 12.4 Å². The first-order chi connectivity index (χ1) is 14.4. The molecule has 1 aliphatic heterocycles. The van der Waals surface area contributed by atoms with Gasteiger partial charge in [-0.2, -0.15) is 0 Å². The lowest BCUT2D eigenvalue weighted by atomic mass is 10.1. The zero-order chi connectivity index (χ0) is 21.7. The number of anilines is 1.